The van der Waals surface area contributed by atoms with Crippen LogP contribution in [0.5, 0.6) is 0 Å². The Morgan fingerprint density at radius 3 is 2.70 bits per heavy atom. The number of hydrogen-bond donors (Lipinski definition) is 2. The molecule has 4 rings (SSSR count). The van der Waals surface area contributed by atoms with Crippen LogP contribution in [0.2, 0.25) is 0 Å². The maximum Gasteiger partial charge on any atom is 0.312 e. The normalized spacial score (nSPS) is 29.9. The number of carbonyl (C=O) groups excluding carboxylic acids is 3. The summed E-state index contributed by atoms with van der Waals surface area (Å²) in [5.41, 5.74) is -0.00813. The van der Waals surface area contributed by atoms with E-state index in [0.29, 0.717) is 25.9 Å². The summed E-state index contributed by atoms with van der Waals surface area (Å²) in [6, 6.07) is 8.87. The number of esters is 1. The zero-order valence-electron chi connectivity index (χ0n) is 19.2. The number of ether oxygens (including phenoxy) is 2. The predicted molar refractivity (Wildman–Crippen MR) is 120 cm³/mol. The number of nitrogens with one attached hydrogen (secondary N) is 1. The fraction of sp³-hybridized carbons (Fsp3) is 0.640. The van der Waals surface area contributed by atoms with Crippen LogP contribution >= 0.6 is 0 Å². The molecule has 180 valence electrons. The number of carbonyl (C=O) groups is 3. The molecule has 3 fully saturated rings. The number of hydrogen-bond acceptors (Lipinski definition) is 6. The van der Waals surface area contributed by atoms with Gasteiger partial charge in [-0.25, -0.2) is 0 Å². The van der Waals surface area contributed by atoms with Crippen LogP contribution in [-0.4, -0.2) is 65.3 Å². The lowest BCUT2D eigenvalue weighted by Gasteiger charge is -2.33. The van der Waals surface area contributed by atoms with Gasteiger partial charge in [0.15, 0.2) is 0 Å². The zero-order valence-corrected chi connectivity index (χ0v) is 19.2. The van der Waals surface area contributed by atoms with Crippen LogP contribution in [0, 0.1) is 11.8 Å². The number of unbranched alkanes of at least 4 members (excludes halogenated alkanes) is 3. The first kappa shape index (κ1) is 23.7. The van der Waals surface area contributed by atoms with Crippen molar-refractivity contribution in [3.63, 3.8) is 0 Å². The molecular formula is C25H34N2O6. The van der Waals surface area contributed by atoms with E-state index in [1.807, 2.05) is 30.3 Å². The molecule has 8 heteroatoms. The average Bonchev–Trinajstić information content (AvgIpc) is 3.46. The van der Waals surface area contributed by atoms with Crippen molar-refractivity contribution in [3.8, 4) is 0 Å². The van der Waals surface area contributed by atoms with Gasteiger partial charge in [0, 0.05) is 19.7 Å². The number of nitrogens with zero attached hydrogens (tertiary/aromatic N) is 1. The van der Waals surface area contributed by atoms with Crippen molar-refractivity contribution in [2.45, 2.75) is 69.7 Å². The fourth-order valence-electron chi connectivity index (χ4n) is 5.83. The molecule has 1 spiro atoms. The minimum Gasteiger partial charge on any atom is -0.466 e. The van der Waals surface area contributed by atoms with Crippen molar-refractivity contribution in [2.75, 3.05) is 19.8 Å². The topological polar surface area (TPSA) is 105 Å². The van der Waals surface area contributed by atoms with E-state index >= 15 is 0 Å². The van der Waals surface area contributed by atoms with Crippen molar-refractivity contribution in [1.29, 1.82) is 0 Å². The largest absolute Gasteiger partial charge is 0.466 e. The molecule has 0 aromatic heterocycles. The number of amides is 2. The lowest BCUT2D eigenvalue weighted by atomic mass is 9.71. The maximum absolute atomic E-state index is 13.6. The second kappa shape index (κ2) is 10.2. The van der Waals surface area contributed by atoms with Gasteiger partial charge in [-0.3, -0.25) is 14.4 Å². The first-order valence-corrected chi connectivity index (χ1v) is 12.1. The van der Waals surface area contributed by atoms with Crippen LogP contribution in [0.3, 0.4) is 0 Å². The third kappa shape index (κ3) is 4.38. The van der Waals surface area contributed by atoms with E-state index in [2.05, 4.69) is 5.32 Å². The Balaban J connectivity index is 1.56. The molecular weight excluding hydrogens is 424 g/mol. The van der Waals surface area contributed by atoms with E-state index in [0.717, 1.165) is 31.2 Å². The molecule has 3 saturated heterocycles. The Morgan fingerprint density at radius 2 is 1.97 bits per heavy atom. The number of likely N-dealkylation sites (tertiary alicyclic amines) is 1. The van der Waals surface area contributed by atoms with Gasteiger partial charge in [-0.05, 0) is 38.2 Å². The van der Waals surface area contributed by atoms with Gasteiger partial charge < -0.3 is 24.8 Å². The molecule has 1 aromatic rings. The van der Waals surface area contributed by atoms with Crippen LogP contribution in [0.15, 0.2) is 30.3 Å². The second-order valence-corrected chi connectivity index (χ2v) is 9.18. The van der Waals surface area contributed by atoms with Crippen molar-refractivity contribution < 1.29 is 29.0 Å². The first-order valence-electron chi connectivity index (χ1n) is 12.1. The first-order chi connectivity index (χ1) is 16.0. The van der Waals surface area contributed by atoms with Crippen LogP contribution in [0.25, 0.3) is 0 Å². The lowest BCUT2D eigenvalue weighted by Crippen LogP contribution is -2.55. The minimum atomic E-state index is -0.981. The zero-order chi connectivity index (χ0) is 23.4. The molecule has 1 aromatic carbocycles. The molecule has 3 aliphatic heterocycles. The second-order valence-electron chi connectivity index (χ2n) is 9.18. The highest BCUT2D eigenvalue weighted by Crippen LogP contribution is 2.58. The van der Waals surface area contributed by atoms with E-state index < -0.39 is 29.4 Å². The monoisotopic (exact) mass is 458 g/mol. The Bertz CT molecular complexity index is 862. The van der Waals surface area contributed by atoms with Gasteiger partial charge in [0.1, 0.15) is 11.6 Å². The minimum absolute atomic E-state index is 0.148. The molecule has 2 unspecified atom stereocenters. The number of aliphatic hydroxyl groups is 1. The summed E-state index contributed by atoms with van der Waals surface area (Å²) in [6.07, 6.45) is 4.00. The number of benzene rings is 1. The van der Waals surface area contributed by atoms with Crippen molar-refractivity contribution in [2.24, 2.45) is 11.8 Å². The SMILES string of the molecule is CCOC(=O)[C@@H]1[C@H]2C(=O)N(CCCCCCO)C(C(=O)NCc3ccccc3)C23CC[C@H]1O3. The molecule has 8 nitrogen and oxygen atoms in total. The van der Waals surface area contributed by atoms with Crippen LogP contribution < -0.4 is 5.32 Å². The van der Waals surface area contributed by atoms with E-state index in [1.54, 1.807) is 11.8 Å². The molecule has 3 heterocycles. The summed E-state index contributed by atoms with van der Waals surface area (Å²) < 4.78 is 11.6. The summed E-state index contributed by atoms with van der Waals surface area (Å²) in [5, 5.41) is 12.0. The predicted octanol–water partition coefficient (Wildman–Crippen LogP) is 1.79. The molecule has 0 radical (unpaired) electrons. The quantitative estimate of drug-likeness (QED) is 0.387. The number of fused-ring (bicyclic) bond motifs is 1. The smallest absolute Gasteiger partial charge is 0.312 e. The van der Waals surface area contributed by atoms with Gasteiger partial charge in [-0.15, -0.1) is 0 Å². The van der Waals surface area contributed by atoms with Crippen LogP contribution in [0.4, 0.5) is 0 Å². The summed E-state index contributed by atoms with van der Waals surface area (Å²) in [7, 11) is 0. The van der Waals surface area contributed by atoms with Gasteiger partial charge >= 0.3 is 5.97 Å². The third-order valence-electron chi connectivity index (χ3n) is 7.22. The van der Waals surface area contributed by atoms with E-state index in [1.165, 1.54) is 0 Å². The van der Waals surface area contributed by atoms with Gasteiger partial charge in [0.25, 0.3) is 0 Å². The Kier molecular flexibility index (Phi) is 7.34. The van der Waals surface area contributed by atoms with Gasteiger partial charge in [-0.2, -0.15) is 0 Å². The summed E-state index contributed by atoms with van der Waals surface area (Å²) in [4.78, 5) is 41.5. The Hall–Kier alpha value is -2.45. The third-order valence-corrected chi connectivity index (χ3v) is 7.22. The van der Waals surface area contributed by atoms with E-state index in [9.17, 15) is 14.4 Å². The molecule has 33 heavy (non-hydrogen) atoms. The molecule has 2 bridgehead atoms. The van der Waals surface area contributed by atoms with Crippen molar-refractivity contribution >= 4 is 17.8 Å². The Morgan fingerprint density at radius 1 is 1.21 bits per heavy atom. The van der Waals surface area contributed by atoms with Gasteiger partial charge in [-0.1, -0.05) is 43.2 Å². The summed E-state index contributed by atoms with van der Waals surface area (Å²) >= 11 is 0. The van der Waals surface area contributed by atoms with Crippen LogP contribution in [-0.2, 0) is 30.4 Å². The molecule has 2 N–H and O–H groups in total. The highest BCUT2D eigenvalue weighted by Gasteiger charge is 2.74. The molecule has 0 saturated carbocycles. The van der Waals surface area contributed by atoms with Crippen molar-refractivity contribution in [1.82, 2.24) is 10.2 Å². The van der Waals surface area contributed by atoms with Crippen molar-refractivity contribution in [3.05, 3.63) is 35.9 Å². The molecule has 5 atom stereocenters. The van der Waals surface area contributed by atoms with Gasteiger partial charge in [0.2, 0.25) is 11.8 Å². The molecule has 0 aliphatic carbocycles. The highest BCUT2D eigenvalue weighted by molar-refractivity contribution is 5.98. The average molecular weight is 459 g/mol. The maximum atomic E-state index is 13.6. The molecule has 2 amide bonds. The van der Waals surface area contributed by atoms with E-state index in [-0.39, 0.29) is 31.1 Å². The van der Waals surface area contributed by atoms with Gasteiger partial charge in [0.05, 0.1) is 24.5 Å². The lowest BCUT2D eigenvalue weighted by molar-refractivity contribution is -0.154. The summed E-state index contributed by atoms with van der Waals surface area (Å²) in [5.74, 6) is -2.17. The Labute approximate surface area is 194 Å². The highest BCUT2D eigenvalue weighted by atomic mass is 16.6. The fourth-order valence-corrected chi connectivity index (χ4v) is 5.83. The van der Waals surface area contributed by atoms with Crippen LogP contribution in [0.1, 0.15) is 51.0 Å². The molecule has 3 aliphatic rings. The number of rotatable bonds is 11. The van der Waals surface area contributed by atoms with E-state index in [4.69, 9.17) is 14.6 Å². The summed E-state index contributed by atoms with van der Waals surface area (Å²) in [6.45, 7) is 2.92. The number of aliphatic hydroxyl groups excluding tert-OH is 1. The standard InChI is InChI=1S/C25H34N2O6/c1-2-32-24(31)19-18-12-13-25(33-18)20(19)23(30)27(14-8-3-4-9-15-28)21(25)22(29)26-16-17-10-6-5-7-11-17/h5-7,10-11,18-21,28H,2-4,8-9,12-16H2,1H3,(H,26,29)/t18-,19+,20+,21?,25?/m1/s1.